The summed E-state index contributed by atoms with van der Waals surface area (Å²) in [5.74, 6) is -0.556. The van der Waals surface area contributed by atoms with Crippen molar-refractivity contribution in [1.82, 2.24) is 38.6 Å². The average Bonchev–Trinajstić information content (AvgIpc) is 3.39. The zero-order chi connectivity index (χ0) is 28.6. The molecule has 15 heteroatoms. The number of hydrogen-bond donors (Lipinski definition) is 1. The Bertz CT molecular complexity index is 1830. The molecule has 5 rings (SSSR count). The Kier molecular flexibility index (Phi) is 6.71. The fourth-order valence-corrected chi connectivity index (χ4v) is 4.01. The van der Waals surface area contributed by atoms with Crippen LogP contribution in [-0.2, 0) is 24.6 Å². The fraction of sp³-hybridized carbons (Fsp3) is 0.200. The quantitative estimate of drug-likeness (QED) is 0.339. The summed E-state index contributed by atoms with van der Waals surface area (Å²) in [6.45, 7) is 1.45. The van der Waals surface area contributed by atoms with Crippen molar-refractivity contribution in [3.8, 4) is 11.3 Å². The molecule has 5 heterocycles. The standard InChI is InChI=1S/C25H20F3N9O3/c1-14(22(38)34-19-11-29-10-17(33-19)15-6-7-18(31-9-15)25(26,27)28)37-13-32-21-20(37)23(39)36(24(40)35(21)2)12-16-5-3-4-8-30-16/h3-11,13-14H,12H2,1-2H3,(H,33,34,38)/t14-/m0/s1. The molecule has 40 heavy (non-hydrogen) atoms. The summed E-state index contributed by atoms with van der Waals surface area (Å²) in [7, 11) is 1.47. The predicted octanol–water partition coefficient (Wildman–Crippen LogP) is 2.41. The van der Waals surface area contributed by atoms with E-state index in [-0.39, 0.29) is 34.8 Å². The van der Waals surface area contributed by atoms with E-state index in [1.807, 2.05) is 0 Å². The minimum absolute atomic E-state index is 0.0265. The molecule has 0 saturated heterocycles. The van der Waals surface area contributed by atoms with E-state index in [0.717, 1.165) is 16.8 Å². The monoisotopic (exact) mass is 551 g/mol. The van der Waals surface area contributed by atoms with Crippen molar-refractivity contribution >= 4 is 22.9 Å². The first-order chi connectivity index (χ1) is 19.0. The van der Waals surface area contributed by atoms with Crippen LogP contribution in [0.25, 0.3) is 22.4 Å². The molecule has 1 amide bonds. The maximum Gasteiger partial charge on any atom is 0.433 e. The third kappa shape index (κ3) is 4.95. The molecule has 12 nitrogen and oxygen atoms in total. The summed E-state index contributed by atoms with van der Waals surface area (Å²) in [4.78, 5) is 59.4. The van der Waals surface area contributed by atoms with Crippen LogP contribution in [-0.4, -0.2) is 44.5 Å². The van der Waals surface area contributed by atoms with Gasteiger partial charge in [-0.1, -0.05) is 6.07 Å². The SMILES string of the molecule is C[C@@H](C(=O)Nc1cncc(-c2ccc(C(F)(F)F)nc2)n1)n1cnc2c1c(=O)n(Cc1ccccn1)c(=O)n2C. The molecular formula is C25H20F3N9O3. The van der Waals surface area contributed by atoms with Gasteiger partial charge in [-0.05, 0) is 31.2 Å². The van der Waals surface area contributed by atoms with Crippen LogP contribution in [0.15, 0.2) is 71.0 Å². The molecule has 0 aliphatic carbocycles. The van der Waals surface area contributed by atoms with Crippen molar-refractivity contribution in [3.63, 3.8) is 0 Å². The smallest absolute Gasteiger partial charge is 0.312 e. The first kappa shape index (κ1) is 26.4. The van der Waals surface area contributed by atoms with Crippen LogP contribution in [0.2, 0.25) is 0 Å². The molecule has 0 spiro atoms. The van der Waals surface area contributed by atoms with E-state index in [0.29, 0.717) is 5.69 Å². The largest absolute Gasteiger partial charge is 0.433 e. The number of nitrogens with zero attached hydrogens (tertiary/aromatic N) is 8. The van der Waals surface area contributed by atoms with Gasteiger partial charge in [0.1, 0.15) is 11.7 Å². The molecule has 0 saturated carbocycles. The number of nitrogens with one attached hydrogen (secondary N) is 1. The lowest BCUT2D eigenvalue weighted by atomic mass is 10.2. The number of imidazole rings is 1. The van der Waals surface area contributed by atoms with Crippen LogP contribution in [0.1, 0.15) is 24.4 Å². The van der Waals surface area contributed by atoms with Gasteiger partial charge in [-0.3, -0.25) is 33.7 Å². The Labute approximate surface area is 222 Å². The highest BCUT2D eigenvalue weighted by molar-refractivity contribution is 5.93. The molecule has 1 N–H and O–H groups in total. The summed E-state index contributed by atoms with van der Waals surface area (Å²) < 4.78 is 42.0. The highest BCUT2D eigenvalue weighted by Gasteiger charge is 2.32. The van der Waals surface area contributed by atoms with Gasteiger partial charge >= 0.3 is 11.9 Å². The highest BCUT2D eigenvalue weighted by atomic mass is 19.4. The first-order valence-corrected chi connectivity index (χ1v) is 11.8. The summed E-state index contributed by atoms with van der Waals surface area (Å²) in [5, 5.41) is 2.59. The molecule has 0 fully saturated rings. The lowest BCUT2D eigenvalue weighted by Gasteiger charge is -2.15. The Morgan fingerprint density at radius 2 is 1.85 bits per heavy atom. The second kappa shape index (κ2) is 10.2. The van der Waals surface area contributed by atoms with Crippen molar-refractivity contribution < 1.29 is 18.0 Å². The second-order valence-corrected chi connectivity index (χ2v) is 8.76. The zero-order valence-electron chi connectivity index (χ0n) is 21.0. The lowest BCUT2D eigenvalue weighted by molar-refractivity contribution is -0.141. The number of pyridine rings is 2. The Balaban J connectivity index is 1.43. The number of rotatable bonds is 6. The maximum absolute atomic E-state index is 13.4. The van der Waals surface area contributed by atoms with E-state index in [1.54, 1.807) is 24.4 Å². The molecule has 0 aliphatic heterocycles. The van der Waals surface area contributed by atoms with Crippen molar-refractivity contribution in [2.75, 3.05) is 5.32 Å². The molecule has 204 valence electrons. The molecule has 0 aliphatic rings. The van der Waals surface area contributed by atoms with Gasteiger partial charge in [-0.25, -0.2) is 14.8 Å². The number of carbonyl (C=O) groups is 1. The predicted molar refractivity (Wildman–Crippen MR) is 136 cm³/mol. The number of hydrogen-bond acceptors (Lipinski definition) is 8. The van der Waals surface area contributed by atoms with Gasteiger partial charge in [0, 0.05) is 25.0 Å². The molecule has 5 aromatic heterocycles. The number of aromatic nitrogens is 8. The third-order valence-electron chi connectivity index (χ3n) is 6.14. The molecular weight excluding hydrogens is 531 g/mol. The highest BCUT2D eigenvalue weighted by Crippen LogP contribution is 2.28. The number of amides is 1. The average molecular weight is 551 g/mol. The first-order valence-electron chi connectivity index (χ1n) is 11.8. The van der Waals surface area contributed by atoms with Gasteiger partial charge in [0.15, 0.2) is 17.0 Å². The minimum Gasteiger partial charge on any atom is -0.312 e. The lowest BCUT2D eigenvalue weighted by Crippen LogP contribution is -2.40. The summed E-state index contributed by atoms with van der Waals surface area (Å²) in [6.07, 6.45) is 1.85. The van der Waals surface area contributed by atoms with E-state index in [4.69, 9.17) is 0 Å². The van der Waals surface area contributed by atoms with Crippen LogP contribution < -0.4 is 16.6 Å². The van der Waals surface area contributed by atoms with Gasteiger partial charge in [0.25, 0.3) is 5.56 Å². The number of fused-ring (bicyclic) bond motifs is 1. The summed E-state index contributed by atoms with van der Waals surface area (Å²) in [6, 6.07) is 6.17. The van der Waals surface area contributed by atoms with Gasteiger partial charge in [-0.2, -0.15) is 13.2 Å². The summed E-state index contributed by atoms with van der Waals surface area (Å²) in [5.41, 5.74) is -1.19. The third-order valence-corrected chi connectivity index (χ3v) is 6.14. The fourth-order valence-electron chi connectivity index (χ4n) is 4.01. The van der Waals surface area contributed by atoms with E-state index in [9.17, 15) is 27.6 Å². The van der Waals surface area contributed by atoms with Crippen molar-refractivity contribution in [1.29, 1.82) is 0 Å². The van der Waals surface area contributed by atoms with Gasteiger partial charge in [0.2, 0.25) is 5.91 Å². The molecule has 0 unspecified atom stereocenters. The molecule has 0 radical (unpaired) electrons. The molecule has 0 bridgehead atoms. The second-order valence-electron chi connectivity index (χ2n) is 8.76. The van der Waals surface area contributed by atoms with Crippen LogP contribution in [0, 0.1) is 0 Å². The molecule has 1 atom stereocenters. The van der Waals surface area contributed by atoms with E-state index < -0.39 is 35.1 Å². The van der Waals surface area contributed by atoms with Gasteiger partial charge in [0.05, 0.1) is 36.7 Å². The Hall–Kier alpha value is -5.21. The molecule has 5 aromatic rings. The number of aryl methyl sites for hydroxylation is 1. The van der Waals surface area contributed by atoms with Crippen LogP contribution in [0.3, 0.4) is 0 Å². The topological polar surface area (TPSA) is 142 Å². The van der Waals surface area contributed by atoms with Gasteiger partial charge in [-0.15, -0.1) is 0 Å². The Morgan fingerprint density at radius 1 is 1.05 bits per heavy atom. The van der Waals surface area contributed by atoms with Crippen LogP contribution >= 0.6 is 0 Å². The van der Waals surface area contributed by atoms with E-state index in [2.05, 4.69) is 30.2 Å². The number of anilines is 1. The Morgan fingerprint density at radius 3 is 2.52 bits per heavy atom. The number of halogens is 3. The van der Waals surface area contributed by atoms with Crippen molar-refractivity contribution in [2.24, 2.45) is 7.05 Å². The molecule has 0 aromatic carbocycles. The van der Waals surface area contributed by atoms with Crippen molar-refractivity contribution in [2.45, 2.75) is 25.7 Å². The van der Waals surface area contributed by atoms with E-state index in [1.165, 1.54) is 47.9 Å². The maximum atomic E-state index is 13.4. The zero-order valence-corrected chi connectivity index (χ0v) is 21.0. The normalized spacial score (nSPS) is 12.4. The van der Waals surface area contributed by atoms with Gasteiger partial charge < -0.3 is 9.88 Å². The summed E-state index contributed by atoms with van der Waals surface area (Å²) >= 11 is 0. The van der Waals surface area contributed by atoms with Crippen molar-refractivity contribution in [3.05, 3.63) is 93.7 Å². The van der Waals surface area contributed by atoms with Crippen LogP contribution in [0.5, 0.6) is 0 Å². The van der Waals surface area contributed by atoms with E-state index >= 15 is 0 Å². The van der Waals surface area contributed by atoms with Crippen LogP contribution in [0.4, 0.5) is 19.0 Å². The number of alkyl halides is 3. The minimum atomic E-state index is -4.58. The number of carbonyl (C=O) groups excluding carboxylic acids is 1.